The molecule has 0 spiro atoms. The number of nitrogens with one attached hydrogen (secondary N) is 1. The molecule has 1 unspecified atom stereocenters. The van der Waals surface area contributed by atoms with Crippen molar-refractivity contribution in [2.45, 2.75) is 45.1 Å². The molecule has 2 aromatic carbocycles. The van der Waals surface area contributed by atoms with Crippen LogP contribution in [-0.4, -0.2) is 23.2 Å². The normalized spacial score (nSPS) is 14.8. The molecule has 3 rings (SSSR count). The highest BCUT2D eigenvalue weighted by molar-refractivity contribution is 6.52. The van der Waals surface area contributed by atoms with Crippen LogP contribution in [0.2, 0.25) is 10.0 Å². The smallest absolute Gasteiger partial charge is 0.235 e. The molecule has 1 aliphatic rings. The molecule has 30 heavy (non-hydrogen) atoms. The molecule has 0 heterocycles. The van der Waals surface area contributed by atoms with Crippen molar-refractivity contribution >= 4 is 40.5 Å². The lowest BCUT2D eigenvalue weighted by atomic mass is 9.83. The number of fused-ring (bicyclic) bond motifs is 1. The lowest BCUT2D eigenvalue weighted by molar-refractivity contribution is -0.112. The third kappa shape index (κ3) is 4.77. The number of carbonyl (C=O) groups excluding carboxylic acids is 2. The van der Waals surface area contributed by atoms with Gasteiger partial charge in [0, 0.05) is 21.2 Å². The summed E-state index contributed by atoms with van der Waals surface area (Å²) >= 11 is 12.5. The molecule has 158 valence electrons. The minimum atomic E-state index is -0.722. The molecule has 2 aromatic rings. The van der Waals surface area contributed by atoms with Gasteiger partial charge in [-0.3, -0.25) is 9.59 Å². The van der Waals surface area contributed by atoms with Crippen molar-refractivity contribution in [3.8, 4) is 0 Å². The summed E-state index contributed by atoms with van der Waals surface area (Å²) < 4.78 is 0. The summed E-state index contributed by atoms with van der Waals surface area (Å²) in [6, 6.07) is 10.9. The van der Waals surface area contributed by atoms with Crippen molar-refractivity contribution < 1.29 is 14.7 Å². The molecule has 0 fully saturated rings. The first-order valence-electron chi connectivity index (χ1n) is 10.3. The van der Waals surface area contributed by atoms with Gasteiger partial charge in [0.05, 0.1) is 11.6 Å². The van der Waals surface area contributed by atoms with Gasteiger partial charge < -0.3 is 10.4 Å². The fourth-order valence-electron chi connectivity index (χ4n) is 3.73. The monoisotopic (exact) mass is 445 g/mol. The van der Waals surface area contributed by atoms with Gasteiger partial charge in [-0.25, -0.2) is 0 Å². The Kier molecular flexibility index (Phi) is 7.70. The van der Waals surface area contributed by atoms with Crippen molar-refractivity contribution in [2.24, 2.45) is 0 Å². The molecule has 6 heteroatoms. The zero-order chi connectivity index (χ0) is 21.7. The van der Waals surface area contributed by atoms with E-state index in [4.69, 9.17) is 23.2 Å². The first-order chi connectivity index (χ1) is 14.5. The minimum absolute atomic E-state index is 0.0245. The zero-order valence-corrected chi connectivity index (χ0v) is 18.4. The maximum absolute atomic E-state index is 13.0. The van der Waals surface area contributed by atoms with Gasteiger partial charge in [-0.05, 0) is 30.7 Å². The third-order valence-corrected chi connectivity index (χ3v) is 5.89. The van der Waals surface area contributed by atoms with Crippen LogP contribution in [0.25, 0.3) is 5.76 Å². The largest absolute Gasteiger partial charge is 0.507 e. The van der Waals surface area contributed by atoms with Gasteiger partial charge in [0.1, 0.15) is 5.76 Å². The number of carbonyl (C=O) groups is 2. The predicted molar refractivity (Wildman–Crippen MR) is 121 cm³/mol. The van der Waals surface area contributed by atoms with E-state index in [-0.39, 0.29) is 16.9 Å². The van der Waals surface area contributed by atoms with Crippen molar-refractivity contribution in [1.29, 1.82) is 0 Å². The molecule has 4 nitrogen and oxygen atoms in total. The summed E-state index contributed by atoms with van der Waals surface area (Å²) in [5.74, 6) is -1.54. The number of rotatable bonds is 9. The van der Waals surface area contributed by atoms with Crippen LogP contribution in [0.4, 0.5) is 0 Å². The highest BCUT2D eigenvalue weighted by atomic mass is 35.5. The highest BCUT2D eigenvalue weighted by Gasteiger charge is 2.37. The van der Waals surface area contributed by atoms with E-state index >= 15 is 0 Å². The maximum atomic E-state index is 13.0. The number of Topliss-reactive ketones (excluding diaryl/α,β-unsaturated/α-hetero) is 2. The second-order valence-corrected chi connectivity index (χ2v) is 8.28. The van der Waals surface area contributed by atoms with Crippen LogP contribution in [0.3, 0.4) is 0 Å². The fourth-order valence-corrected chi connectivity index (χ4v) is 4.25. The lowest BCUT2D eigenvalue weighted by Crippen LogP contribution is -2.34. The second-order valence-electron chi connectivity index (χ2n) is 7.43. The van der Waals surface area contributed by atoms with Crippen molar-refractivity contribution in [3.63, 3.8) is 0 Å². The number of halogens is 2. The number of aliphatic hydroxyl groups is 1. The van der Waals surface area contributed by atoms with E-state index in [1.54, 1.807) is 42.5 Å². The Morgan fingerprint density at radius 1 is 0.933 bits per heavy atom. The molecule has 1 aliphatic carbocycles. The average Bonchev–Trinajstić information content (AvgIpc) is 2.73. The Morgan fingerprint density at radius 2 is 1.63 bits per heavy atom. The van der Waals surface area contributed by atoms with Gasteiger partial charge in [-0.1, -0.05) is 86.1 Å². The standard InChI is InChI=1S/C24H25Cl2NO3/c1-2-3-4-5-8-13-27-21(18-12-11-15(25)14-19(18)26)20-22(28)16-9-6-7-10-17(16)23(29)24(20)30/h6-7,9-12,14,21,27-28H,2-5,8,13H2,1H3. The number of unbranched alkanes of at least 4 members (excludes halogenated alkanes) is 4. The Labute approximate surface area is 186 Å². The van der Waals surface area contributed by atoms with E-state index in [9.17, 15) is 14.7 Å². The van der Waals surface area contributed by atoms with Gasteiger partial charge in [-0.15, -0.1) is 0 Å². The topological polar surface area (TPSA) is 66.4 Å². The SMILES string of the molecule is CCCCCCCNC(C1=C(O)c2ccccc2C(=O)C1=O)c1ccc(Cl)cc1Cl. The van der Waals surface area contributed by atoms with Gasteiger partial charge >= 0.3 is 0 Å². The number of hydrogen-bond donors (Lipinski definition) is 2. The van der Waals surface area contributed by atoms with E-state index in [1.807, 2.05) is 0 Å². The molecule has 1 atom stereocenters. The number of aliphatic hydroxyl groups excluding tert-OH is 1. The summed E-state index contributed by atoms with van der Waals surface area (Å²) in [5, 5.41) is 15.1. The van der Waals surface area contributed by atoms with Crippen molar-refractivity contribution in [2.75, 3.05) is 6.54 Å². The van der Waals surface area contributed by atoms with E-state index in [0.29, 0.717) is 27.7 Å². The van der Waals surface area contributed by atoms with E-state index in [2.05, 4.69) is 12.2 Å². The highest BCUT2D eigenvalue weighted by Crippen LogP contribution is 2.37. The molecular weight excluding hydrogens is 421 g/mol. The van der Waals surface area contributed by atoms with Crippen LogP contribution in [-0.2, 0) is 4.79 Å². The predicted octanol–water partition coefficient (Wildman–Crippen LogP) is 6.33. The summed E-state index contributed by atoms with van der Waals surface area (Å²) in [7, 11) is 0. The number of ketones is 2. The van der Waals surface area contributed by atoms with E-state index in [0.717, 1.165) is 25.7 Å². The zero-order valence-electron chi connectivity index (χ0n) is 16.9. The molecule has 0 saturated carbocycles. The maximum Gasteiger partial charge on any atom is 0.235 e. The lowest BCUT2D eigenvalue weighted by Gasteiger charge is -2.26. The Balaban J connectivity index is 1.99. The third-order valence-electron chi connectivity index (χ3n) is 5.32. The summed E-state index contributed by atoms with van der Waals surface area (Å²) in [6.07, 6.45) is 5.45. The van der Waals surface area contributed by atoms with Crippen LogP contribution in [0, 0.1) is 0 Å². The quantitative estimate of drug-likeness (QED) is 0.349. The first kappa shape index (κ1) is 22.5. The average molecular weight is 446 g/mol. The molecule has 0 saturated heterocycles. The van der Waals surface area contributed by atoms with Crippen molar-refractivity contribution in [3.05, 3.63) is 74.8 Å². The minimum Gasteiger partial charge on any atom is -0.507 e. The van der Waals surface area contributed by atoms with E-state index < -0.39 is 17.6 Å². The van der Waals surface area contributed by atoms with Crippen LogP contribution >= 0.6 is 23.2 Å². The Hall–Kier alpha value is -2.14. The van der Waals surface area contributed by atoms with E-state index in [1.165, 1.54) is 6.42 Å². The molecule has 0 aliphatic heterocycles. The Bertz CT molecular complexity index is 984. The van der Waals surface area contributed by atoms with Gasteiger partial charge in [0.25, 0.3) is 0 Å². The second kappa shape index (κ2) is 10.3. The molecule has 0 radical (unpaired) electrons. The molecule has 0 bridgehead atoms. The van der Waals surface area contributed by atoms with Crippen LogP contribution in [0.5, 0.6) is 0 Å². The Morgan fingerprint density at radius 3 is 2.33 bits per heavy atom. The molecule has 0 aromatic heterocycles. The molecule has 2 N–H and O–H groups in total. The van der Waals surface area contributed by atoms with Gasteiger partial charge in [-0.2, -0.15) is 0 Å². The van der Waals surface area contributed by atoms with Gasteiger partial charge in [0.15, 0.2) is 0 Å². The number of benzene rings is 2. The van der Waals surface area contributed by atoms with Gasteiger partial charge in [0.2, 0.25) is 11.6 Å². The first-order valence-corrected chi connectivity index (χ1v) is 11.0. The number of hydrogen-bond acceptors (Lipinski definition) is 4. The summed E-state index contributed by atoms with van der Waals surface area (Å²) in [6.45, 7) is 2.78. The summed E-state index contributed by atoms with van der Waals surface area (Å²) in [5.41, 5.74) is 1.19. The van der Waals surface area contributed by atoms with Crippen LogP contribution in [0.1, 0.15) is 66.6 Å². The van der Waals surface area contributed by atoms with Crippen LogP contribution in [0.15, 0.2) is 48.0 Å². The van der Waals surface area contributed by atoms with Crippen LogP contribution < -0.4 is 5.32 Å². The molecule has 0 amide bonds. The summed E-state index contributed by atoms with van der Waals surface area (Å²) in [4.78, 5) is 25.7. The fraction of sp³-hybridized carbons (Fsp3) is 0.333. The van der Waals surface area contributed by atoms with Crippen molar-refractivity contribution in [1.82, 2.24) is 5.32 Å². The molecular formula is C24H25Cl2NO3.